The Morgan fingerprint density at radius 1 is 1.07 bits per heavy atom. The van der Waals surface area contributed by atoms with Crippen LogP contribution in [0.25, 0.3) is 0 Å². The van der Waals surface area contributed by atoms with Gasteiger partial charge in [-0.25, -0.2) is 4.79 Å². The molecule has 1 aromatic rings. The van der Waals surface area contributed by atoms with Crippen LogP contribution in [0.15, 0.2) is 18.2 Å². The van der Waals surface area contributed by atoms with E-state index in [1.807, 2.05) is 20.8 Å². The van der Waals surface area contributed by atoms with Crippen LogP contribution in [0.2, 0.25) is 0 Å². The summed E-state index contributed by atoms with van der Waals surface area (Å²) in [5.41, 5.74) is 0.633. The van der Waals surface area contributed by atoms with Crippen LogP contribution in [0.1, 0.15) is 77.5 Å². The van der Waals surface area contributed by atoms with Gasteiger partial charge in [0.2, 0.25) is 0 Å². The van der Waals surface area contributed by atoms with Crippen molar-refractivity contribution < 1.29 is 23.9 Å². The van der Waals surface area contributed by atoms with Gasteiger partial charge in [-0.3, -0.25) is 19.3 Å². The van der Waals surface area contributed by atoms with Crippen molar-refractivity contribution in [3.05, 3.63) is 34.9 Å². The second-order valence-corrected chi connectivity index (χ2v) is 6.53. The fraction of sp³-hybridized carbons (Fsp3) is 0.500. The summed E-state index contributed by atoms with van der Waals surface area (Å²) >= 11 is 0. The van der Waals surface area contributed by atoms with Gasteiger partial charge in [0.1, 0.15) is 0 Å². The number of fused-ring (bicyclic) bond motifs is 1. The Kier molecular flexibility index (Phi) is 7.10. The highest BCUT2D eigenvalue weighted by Gasteiger charge is 2.35. The number of nitrogens with one attached hydrogen (secondary N) is 1. The van der Waals surface area contributed by atoms with E-state index < -0.39 is 11.9 Å². The largest absolute Gasteiger partial charge is 0.452 e. The first-order valence-corrected chi connectivity index (χ1v) is 9.39. The molecule has 0 bridgehead atoms. The smallest absolute Gasteiger partial charge is 0.338 e. The van der Waals surface area contributed by atoms with E-state index in [0.717, 1.165) is 25.7 Å². The Labute approximate surface area is 159 Å². The van der Waals surface area contributed by atoms with Gasteiger partial charge in [-0.2, -0.15) is 0 Å². The lowest BCUT2D eigenvalue weighted by atomic mass is 10.1. The molecule has 146 valence electrons. The molecule has 0 radical (unpaired) electrons. The van der Waals surface area contributed by atoms with Gasteiger partial charge in [-0.1, -0.05) is 27.2 Å². The Balaban J connectivity index is 2.02. The second-order valence-electron chi connectivity index (χ2n) is 6.53. The number of carbonyl (C=O) groups is 4. The Hall–Kier alpha value is -2.70. The van der Waals surface area contributed by atoms with Crippen molar-refractivity contribution in [2.24, 2.45) is 0 Å². The summed E-state index contributed by atoms with van der Waals surface area (Å²) in [4.78, 5) is 50.0. The molecule has 0 atom stereocenters. The van der Waals surface area contributed by atoms with Crippen molar-refractivity contribution in [2.45, 2.75) is 52.5 Å². The molecule has 1 N–H and O–H groups in total. The number of unbranched alkanes of at least 4 members (excludes halogenated alkanes) is 1. The van der Waals surface area contributed by atoms with Gasteiger partial charge in [-0.15, -0.1) is 0 Å². The summed E-state index contributed by atoms with van der Waals surface area (Å²) in [6, 6.07) is 4.31. The molecule has 27 heavy (non-hydrogen) atoms. The lowest BCUT2D eigenvalue weighted by Crippen LogP contribution is -2.36. The second kappa shape index (κ2) is 9.30. The maximum atomic E-state index is 12.4. The number of benzene rings is 1. The quantitative estimate of drug-likeness (QED) is 0.530. The van der Waals surface area contributed by atoms with E-state index in [9.17, 15) is 19.2 Å². The molecule has 0 aromatic heterocycles. The molecule has 0 saturated carbocycles. The van der Waals surface area contributed by atoms with Gasteiger partial charge in [-0.05, 0) is 37.5 Å². The third-order valence-corrected chi connectivity index (χ3v) is 4.63. The molecule has 0 spiro atoms. The van der Waals surface area contributed by atoms with Crippen LogP contribution in [0, 0.1) is 0 Å². The number of ether oxygens (including phenoxy) is 1. The number of imide groups is 1. The molecule has 1 aliphatic rings. The topological polar surface area (TPSA) is 92.8 Å². The molecule has 1 heterocycles. The maximum Gasteiger partial charge on any atom is 0.338 e. The molecule has 1 aliphatic heterocycles. The summed E-state index contributed by atoms with van der Waals surface area (Å²) in [6.45, 7) is 5.88. The van der Waals surface area contributed by atoms with Crippen molar-refractivity contribution in [3.8, 4) is 0 Å². The molecule has 0 unspecified atom stereocenters. The number of esters is 1. The van der Waals surface area contributed by atoms with Gasteiger partial charge >= 0.3 is 5.97 Å². The highest BCUT2D eigenvalue weighted by molar-refractivity contribution is 6.21. The van der Waals surface area contributed by atoms with Crippen molar-refractivity contribution in [1.29, 1.82) is 0 Å². The first kappa shape index (κ1) is 20.6. The van der Waals surface area contributed by atoms with Crippen LogP contribution in [0.4, 0.5) is 0 Å². The van der Waals surface area contributed by atoms with Crippen molar-refractivity contribution >= 4 is 23.7 Å². The van der Waals surface area contributed by atoms with E-state index in [2.05, 4.69) is 5.32 Å². The molecule has 7 heteroatoms. The molecule has 3 amide bonds. The van der Waals surface area contributed by atoms with Crippen LogP contribution in [0.5, 0.6) is 0 Å². The van der Waals surface area contributed by atoms with Gasteiger partial charge in [0.05, 0.1) is 16.7 Å². The predicted octanol–water partition coefficient (Wildman–Crippen LogP) is 2.54. The molecule has 7 nitrogen and oxygen atoms in total. The highest BCUT2D eigenvalue weighted by atomic mass is 16.5. The van der Waals surface area contributed by atoms with Gasteiger partial charge < -0.3 is 10.1 Å². The first-order chi connectivity index (χ1) is 12.9. The summed E-state index contributed by atoms with van der Waals surface area (Å²) in [5, 5.41) is 2.78. The van der Waals surface area contributed by atoms with Crippen LogP contribution in [-0.2, 0) is 9.53 Å². The average molecular weight is 374 g/mol. The fourth-order valence-electron chi connectivity index (χ4n) is 2.91. The third-order valence-electron chi connectivity index (χ3n) is 4.63. The molecule has 1 aromatic carbocycles. The molecule has 0 fully saturated rings. The Morgan fingerprint density at radius 3 is 2.37 bits per heavy atom. The van der Waals surface area contributed by atoms with Gasteiger partial charge in [0, 0.05) is 12.6 Å². The van der Waals surface area contributed by atoms with Crippen LogP contribution in [-0.4, -0.2) is 47.8 Å². The van der Waals surface area contributed by atoms with E-state index >= 15 is 0 Å². The minimum atomic E-state index is -0.704. The molecule has 0 aliphatic carbocycles. The van der Waals surface area contributed by atoms with Crippen molar-refractivity contribution in [1.82, 2.24) is 10.2 Å². The molecular weight excluding hydrogens is 348 g/mol. The zero-order chi connectivity index (χ0) is 20.0. The average Bonchev–Trinajstić information content (AvgIpc) is 2.92. The number of hydrogen-bond donors (Lipinski definition) is 1. The minimum Gasteiger partial charge on any atom is -0.452 e. The number of hydrogen-bond acceptors (Lipinski definition) is 5. The Morgan fingerprint density at radius 2 is 1.74 bits per heavy atom. The number of rotatable bonds is 9. The van der Waals surface area contributed by atoms with Gasteiger partial charge in [0.15, 0.2) is 6.61 Å². The lowest BCUT2D eigenvalue weighted by molar-refractivity contribution is -0.125. The predicted molar refractivity (Wildman–Crippen MR) is 99.5 cm³/mol. The fourth-order valence-corrected chi connectivity index (χ4v) is 2.91. The lowest BCUT2D eigenvalue weighted by Gasteiger charge is -2.14. The zero-order valence-electron chi connectivity index (χ0n) is 16.0. The van der Waals surface area contributed by atoms with E-state index in [1.165, 1.54) is 23.1 Å². The summed E-state index contributed by atoms with van der Waals surface area (Å²) in [7, 11) is 0. The van der Waals surface area contributed by atoms with Crippen LogP contribution < -0.4 is 5.32 Å². The standard InChI is InChI=1S/C20H26N2O5/c1-4-7-10-22-18(24)15-9-8-13(11-16(15)19(22)25)20(26)27-12-17(23)21-14(5-2)6-3/h8-9,11,14H,4-7,10,12H2,1-3H3,(H,21,23). The normalized spacial score (nSPS) is 13.1. The summed E-state index contributed by atoms with van der Waals surface area (Å²) in [6.07, 6.45) is 3.19. The molecule has 2 rings (SSSR count). The molecular formula is C20H26N2O5. The SMILES string of the molecule is CCCCN1C(=O)c2ccc(C(=O)OCC(=O)NC(CC)CC)cc2C1=O. The van der Waals surface area contributed by atoms with E-state index in [0.29, 0.717) is 12.1 Å². The summed E-state index contributed by atoms with van der Waals surface area (Å²) < 4.78 is 5.03. The molecule has 0 saturated heterocycles. The summed E-state index contributed by atoms with van der Waals surface area (Å²) in [5.74, 6) is -1.81. The van der Waals surface area contributed by atoms with Crippen molar-refractivity contribution in [2.75, 3.05) is 13.2 Å². The monoisotopic (exact) mass is 374 g/mol. The number of amides is 3. The van der Waals surface area contributed by atoms with Crippen LogP contribution >= 0.6 is 0 Å². The highest BCUT2D eigenvalue weighted by Crippen LogP contribution is 2.24. The number of nitrogens with zero attached hydrogens (tertiary/aromatic N) is 1. The van der Waals surface area contributed by atoms with Crippen LogP contribution in [0.3, 0.4) is 0 Å². The Bertz CT molecular complexity index is 740. The minimum absolute atomic E-state index is 0.0499. The first-order valence-electron chi connectivity index (χ1n) is 9.39. The number of carbonyl (C=O) groups excluding carboxylic acids is 4. The van der Waals surface area contributed by atoms with E-state index in [4.69, 9.17) is 4.74 Å². The van der Waals surface area contributed by atoms with Gasteiger partial charge in [0.25, 0.3) is 17.7 Å². The van der Waals surface area contributed by atoms with Crippen molar-refractivity contribution in [3.63, 3.8) is 0 Å². The van der Waals surface area contributed by atoms with E-state index in [-0.39, 0.29) is 35.6 Å². The maximum absolute atomic E-state index is 12.4. The zero-order valence-corrected chi connectivity index (χ0v) is 16.0. The third kappa shape index (κ3) is 4.72. The van der Waals surface area contributed by atoms with E-state index in [1.54, 1.807) is 0 Å².